The third-order valence-electron chi connectivity index (χ3n) is 13.7. The van der Waals surface area contributed by atoms with Crippen molar-refractivity contribution in [3.05, 3.63) is 267 Å². The molecule has 0 amide bonds. The number of aromatic nitrogens is 1. The molecule has 1 heterocycles. The molecule has 0 aliphatic carbocycles. The van der Waals surface area contributed by atoms with E-state index in [-0.39, 0.29) is 0 Å². The van der Waals surface area contributed by atoms with Gasteiger partial charge in [0, 0.05) is 33.1 Å². The van der Waals surface area contributed by atoms with Crippen LogP contribution in [0.15, 0.2) is 267 Å². The zero-order valence-electron chi connectivity index (χ0n) is 37.3. The molecule has 13 rings (SSSR count). The Bertz CT molecular complexity index is 4010. The fraction of sp³-hybridized carbons (Fsp3) is 0. The molecule has 0 saturated carbocycles. The SMILES string of the molecule is c1ccc(-c2c(-c3ccccc3)c3cc(-c4cccc(N(c5ccccc5-c5cccc6c5c5ccccc5n6-c5ccccc5)c5cccc6ccccc56)c4)ccc3c3ccccc23)cc1. The van der Waals surface area contributed by atoms with E-state index in [1.807, 2.05) is 0 Å². The Kier molecular flexibility index (Phi) is 9.54. The minimum absolute atomic E-state index is 1.08. The van der Waals surface area contributed by atoms with Crippen LogP contribution in [0.5, 0.6) is 0 Å². The molecule has 13 aromatic rings. The molecule has 0 bridgehead atoms. The molecule has 0 atom stereocenters. The van der Waals surface area contributed by atoms with Crippen molar-refractivity contribution >= 4 is 71.2 Å². The number of hydrogen-bond acceptors (Lipinski definition) is 1. The Morgan fingerprint density at radius 2 is 0.794 bits per heavy atom. The smallest absolute Gasteiger partial charge is 0.0547 e. The fourth-order valence-corrected chi connectivity index (χ4v) is 10.8. The molecule has 318 valence electrons. The van der Waals surface area contributed by atoms with Crippen LogP contribution in [-0.4, -0.2) is 4.57 Å². The summed E-state index contributed by atoms with van der Waals surface area (Å²) in [4.78, 5) is 2.48. The van der Waals surface area contributed by atoms with Crippen LogP contribution < -0.4 is 4.90 Å². The number of hydrogen-bond donors (Lipinski definition) is 0. The van der Waals surface area contributed by atoms with Gasteiger partial charge in [-0.3, -0.25) is 0 Å². The van der Waals surface area contributed by atoms with Crippen LogP contribution in [0.4, 0.5) is 17.1 Å². The lowest BCUT2D eigenvalue weighted by Gasteiger charge is -2.29. The molecule has 0 aliphatic rings. The van der Waals surface area contributed by atoms with Gasteiger partial charge < -0.3 is 9.47 Å². The van der Waals surface area contributed by atoms with Crippen molar-refractivity contribution in [2.75, 3.05) is 4.90 Å². The second-order valence-electron chi connectivity index (χ2n) is 17.6. The molecular formula is C66H44N2. The highest BCUT2D eigenvalue weighted by atomic mass is 15.1. The predicted molar refractivity (Wildman–Crippen MR) is 290 cm³/mol. The van der Waals surface area contributed by atoms with Crippen LogP contribution in [0.2, 0.25) is 0 Å². The van der Waals surface area contributed by atoms with E-state index in [4.69, 9.17) is 0 Å². The van der Waals surface area contributed by atoms with E-state index < -0.39 is 0 Å². The molecule has 0 aliphatic heterocycles. The fourth-order valence-electron chi connectivity index (χ4n) is 10.8. The Hall–Kier alpha value is -8.98. The zero-order chi connectivity index (χ0) is 45.0. The molecule has 0 saturated heterocycles. The maximum Gasteiger partial charge on any atom is 0.0547 e. The number of fused-ring (bicyclic) bond motifs is 7. The zero-order valence-corrected chi connectivity index (χ0v) is 37.3. The molecular weight excluding hydrogens is 821 g/mol. The van der Waals surface area contributed by atoms with Crippen LogP contribution in [0.1, 0.15) is 0 Å². The molecule has 0 radical (unpaired) electrons. The van der Waals surface area contributed by atoms with Crippen molar-refractivity contribution < 1.29 is 0 Å². The second kappa shape index (κ2) is 16.5. The second-order valence-corrected chi connectivity index (χ2v) is 17.6. The van der Waals surface area contributed by atoms with E-state index in [9.17, 15) is 0 Å². The van der Waals surface area contributed by atoms with E-state index in [0.717, 1.165) is 39.4 Å². The van der Waals surface area contributed by atoms with E-state index in [1.54, 1.807) is 0 Å². The van der Waals surface area contributed by atoms with Gasteiger partial charge in [0.05, 0.1) is 22.4 Å². The normalized spacial score (nSPS) is 11.5. The van der Waals surface area contributed by atoms with Crippen molar-refractivity contribution in [1.29, 1.82) is 0 Å². The Morgan fingerprint density at radius 1 is 0.279 bits per heavy atom. The number of nitrogens with zero attached hydrogens (tertiary/aromatic N) is 2. The van der Waals surface area contributed by atoms with Crippen LogP contribution >= 0.6 is 0 Å². The van der Waals surface area contributed by atoms with Crippen molar-refractivity contribution in [1.82, 2.24) is 4.57 Å². The summed E-state index contributed by atoms with van der Waals surface area (Å²) in [6.07, 6.45) is 0. The van der Waals surface area contributed by atoms with E-state index in [0.29, 0.717) is 0 Å². The molecule has 0 fully saturated rings. The first kappa shape index (κ1) is 39.4. The third-order valence-corrected chi connectivity index (χ3v) is 13.7. The highest BCUT2D eigenvalue weighted by molar-refractivity contribution is 6.22. The van der Waals surface area contributed by atoms with Gasteiger partial charge in [-0.25, -0.2) is 0 Å². The van der Waals surface area contributed by atoms with Gasteiger partial charge in [-0.1, -0.05) is 212 Å². The minimum atomic E-state index is 1.08. The molecule has 68 heavy (non-hydrogen) atoms. The van der Waals surface area contributed by atoms with Gasteiger partial charge >= 0.3 is 0 Å². The van der Waals surface area contributed by atoms with Gasteiger partial charge in [0.25, 0.3) is 0 Å². The largest absolute Gasteiger partial charge is 0.309 e. The van der Waals surface area contributed by atoms with Crippen LogP contribution in [-0.2, 0) is 0 Å². The average molecular weight is 865 g/mol. The molecule has 12 aromatic carbocycles. The standard InChI is InChI=1S/C66H44N2/c1-4-22-46(23-5-1)64-56-34-13-12-32-53(56)54-42-41-49(44-59(54)65(64)47-24-6-2-7-25-47)48-27-18-30-51(43-48)68(60-39-19-26-45-21-10-11-31-52(45)60)61-37-16-14-33-55(61)57-36-20-40-63-66(57)58-35-15-17-38-62(58)67(63)50-28-8-3-9-29-50/h1-44H. The monoisotopic (exact) mass is 864 g/mol. The first-order valence-corrected chi connectivity index (χ1v) is 23.4. The van der Waals surface area contributed by atoms with Gasteiger partial charge in [-0.2, -0.15) is 0 Å². The number of benzene rings is 12. The number of para-hydroxylation sites is 3. The topological polar surface area (TPSA) is 8.17 Å². The maximum absolute atomic E-state index is 2.48. The molecule has 2 heteroatoms. The molecule has 0 spiro atoms. The van der Waals surface area contributed by atoms with E-state index in [2.05, 4.69) is 276 Å². The van der Waals surface area contributed by atoms with E-state index in [1.165, 1.54) is 81.9 Å². The quantitative estimate of drug-likeness (QED) is 0.138. The van der Waals surface area contributed by atoms with Crippen LogP contribution in [0.3, 0.4) is 0 Å². The summed E-state index contributed by atoms with van der Waals surface area (Å²) >= 11 is 0. The third kappa shape index (κ3) is 6.49. The van der Waals surface area contributed by atoms with Gasteiger partial charge in [-0.15, -0.1) is 0 Å². The van der Waals surface area contributed by atoms with Gasteiger partial charge in [0.2, 0.25) is 0 Å². The van der Waals surface area contributed by atoms with Gasteiger partial charge in [0.1, 0.15) is 0 Å². The Labute approximate surface area is 395 Å². The number of rotatable bonds is 8. The first-order valence-electron chi connectivity index (χ1n) is 23.4. The highest BCUT2D eigenvalue weighted by Gasteiger charge is 2.24. The van der Waals surface area contributed by atoms with Crippen molar-refractivity contribution in [3.8, 4) is 50.2 Å². The van der Waals surface area contributed by atoms with E-state index >= 15 is 0 Å². The van der Waals surface area contributed by atoms with Crippen molar-refractivity contribution in [2.24, 2.45) is 0 Å². The Balaban J connectivity index is 1.05. The maximum atomic E-state index is 2.48. The summed E-state index contributed by atoms with van der Waals surface area (Å²) in [6, 6.07) is 97.6. The summed E-state index contributed by atoms with van der Waals surface area (Å²) in [5, 5.41) is 9.83. The lowest BCUT2D eigenvalue weighted by Crippen LogP contribution is -2.12. The van der Waals surface area contributed by atoms with Crippen LogP contribution in [0, 0.1) is 0 Å². The predicted octanol–water partition coefficient (Wildman–Crippen LogP) is 18.4. The average Bonchev–Trinajstić information content (AvgIpc) is 3.76. The summed E-state index contributed by atoms with van der Waals surface area (Å²) < 4.78 is 2.40. The molecule has 2 nitrogen and oxygen atoms in total. The summed E-state index contributed by atoms with van der Waals surface area (Å²) in [5.74, 6) is 0. The van der Waals surface area contributed by atoms with Gasteiger partial charge in [0.15, 0.2) is 0 Å². The number of anilines is 3. The summed E-state index contributed by atoms with van der Waals surface area (Å²) in [7, 11) is 0. The summed E-state index contributed by atoms with van der Waals surface area (Å²) in [6.45, 7) is 0. The van der Waals surface area contributed by atoms with Crippen LogP contribution in [0.25, 0.3) is 104 Å². The molecule has 0 N–H and O–H groups in total. The molecule has 1 aromatic heterocycles. The first-order chi connectivity index (χ1) is 33.8. The highest BCUT2D eigenvalue weighted by Crippen LogP contribution is 2.49. The summed E-state index contributed by atoms with van der Waals surface area (Å²) in [5.41, 5.74) is 16.4. The lowest BCUT2D eigenvalue weighted by atomic mass is 9.84. The molecule has 0 unspecified atom stereocenters. The minimum Gasteiger partial charge on any atom is -0.309 e. The van der Waals surface area contributed by atoms with Crippen molar-refractivity contribution in [3.63, 3.8) is 0 Å². The Morgan fingerprint density at radius 3 is 1.59 bits per heavy atom. The lowest BCUT2D eigenvalue weighted by molar-refractivity contribution is 1.18. The van der Waals surface area contributed by atoms with Gasteiger partial charge in [-0.05, 0) is 120 Å². The van der Waals surface area contributed by atoms with Crippen molar-refractivity contribution in [2.45, 2.75) is 0 Å².